The van der Waals surface area contributed by atoms with E-state index < -0.39 is 0 Å². The highest BCUT2D eigenvalue weighted by atomic mass is 79.9. The molecule has 3 aromatic rings. The smallest absolute Gasteiger partial charge is 0.261 e. The van der Waals surface area contributed by atoms with E-state index in [1.54, 1.807) is 24.4 Å². The van der Waals surface area contributed by atoms with Crippen LogP contribution in [0.1, 0.15) is 28.9 Å². The van der Waals surface area contributed by atoms with Gasteiger partial charge in [-0.3, -0.25) is 9.59 Å². The Balaban J connectivity index is 1.81. The SMILES string of the molecule is CC1Cc2cccc3c(=O)c(C(=O)Nc4ccc(Br)cc4)cn1c23. The monoisotopic (exact) mass is 382 g/mol. The number of amides is 1. The molecule has 2 aromatic carbocycles. The van der Waals surface area contributed by atoms with Crippen molar-refractivity contribution >= 4 is 38.4 Å². The van der Waals surface area contributed by atoms with Crippen LogP contribution in [0.2, 0.25) is 0 Å². The minimum Gasteiger partial charge on any atom is -0.343 e. The van der Waals surface area contributed by atoms with Gasteiger partial charge >= 0.3 is 0 Å². The summed E-state index contributed by atoms with van der Waals surface area (Å²) in [4.78, 5) is 25.4. The molecule has 1 aliphatic heterocycles. The van der Waals surface area contributed by atoms with Gasteiger partial charge in [0.1, 0.15) is 5.56 Å². The molecule has 0 bridgehead atoms. The van der Waals surface area contributed by atoms with Crippen molar-refractivity contribution in [3.05, 3.63) is 74.5 Å². The first kappa shape index (κ1) is 15.1. The number of aromatic nitrogens is 1. The Morgan fingerprint density at radius 2 is 1.96 bits per heavy atom. The van der Waals surface area contributed by atoms with E-state index in [2.05, 4.69) is 28.2 Å². The number of nitrogens with one attached hydrogen (secondary N) is 1. The molecule has 1 unspecified atom stereocenters. The molecule has 120 valence electrons. The lowest BCUT2D eigenvalue weighted by molar-refractivity contribution is 0.102. The maximum atomic E-state index is 12.8. The van der Waals surface area contributed by atoms with Gasteiger partial charge in [0.05, 0.1) is 5.52 Å². The van der Waals surface area contributed by atoms with Gasteiger partial charge in [-0.2, -0.15) is 0 Å². The topological polar surface area (TPSA) is 51.1 Å². The molecule has 0 saturated heterocycles. The molecule has 1 amide bonds. The summed E-state index contributed by atoms with van der Waals surface area (Å²) in [7, 11) is 0. The van der Waals surface area contributed by atoms with E-state index >= 15 is 0 Å². The number of carbonyl (C=O) groups is 1. The summed E-state index contributed by atoms with van der Waals surface area (Å²) in [6, 6.07) is 13.2. The average Bonchev–Trinajstić information content (AvgIpc) is 2.89. The molecule has 0 radical (unpaired) electrons. The van der Waals surface area contributed by atoms with E-state index in [0.29, 0.717) is 11.1 Å². The molecule has 5 heteroatoms. The van der Waals surface area contributed by atoms with Crippen LogP contribution in [0.4, 0.5) is 5.69 Å². The minimum absolute atomic E-state index is 0.177. The predicted molar refractivity (Wildman–Crippen MR) is 98.7 cm³/mol. The van der Waals surface area contributed by atoms with Gasteiger partial charge in [-0.15, -0.1) is 0 Å². The molecule has 1 aliphatic rings. The van der Waals surface area contributed by atoms with Crippen LogP contribution in [-0.2, 0) is 6.42 Å². The van der Waals surface area contributed by atoms with Crippen molar-refractivity contribution in [3.63, 3.8) is 0 Å². The molecule has 0 aliphatic carbocycles. The number of carbonyl (C=O) groups excluding carboxylic acids is 1. The maximum Gasteiger partial charge on any atom is 0.261 e. The Hall–Kier alpha value is -2.40. The molecule has 24 heavy (non-hydrogen) atoms. The Labute approximate surface area is 147 Å². The number of hydrogen-bond acceptors (Lipinski definition) is 2. The van der Waals surface area contributed by atoms with Crippen molar-refractivity contribution in [2.24, 2.45) is 0 Å². The Morgan fingerprint density at radius 3 is 2.71 bits per heavy atom. The molecule has 0 saturated carbocycles. The van der Waals surface area contributed by atoms with Crippen LogP contribution in [0.25, 0.3) is 10.9 Å². The Bertz CT molecular complexity index is 1020. The minimum atomic E-state index is -0.377. The van der Waals surface area contributed by atoms with E-state index in [4.69, 9.17) is 0 Å². The summed E-state index contributed by atoms with van der Waals surface area (Å²) in [6.45, 7) is 2.10. The molecular weight excluding hydrogens is 368 g/mol. The van der Waals surface area contributed by atoms with E-state index in [0.717, 1.165) is 22.0 Å². The van der Waals surface area contributed by atoms with Crippen molar-refractivity contribution in [2.75, 3.05) is 5.32 Å². The van der Waals surface area contributed by atoms with Crippen molar-refractivity contribution in [2.45, 2.75) is 19.4 Å². The number of rotatable bonds is 2. The average molecular weight is 383 g/mol. The number of nitrogens with zero attached hydrogens (tertiary/aromatic N) is 1. The first-order chi connectivity index (χ1) is 11.5. The number of halogens is 1. The number of hydrogen-bond donors (Lipinski definition) is 1. The quantitative estimate of drug-likeness (QED) is 0.724. The first-order valence-corrected chi connectivity index (χ1v) is 8.57. The fourth-order valence-corrected chi connectivity index (χ4v) is 3.57. The van der Waals surface area contributed by atoms with Gasteiger partial charge in [-0.25, -0.2) is 0 Å². The third-order valence-corrected chi connectivity index (χ3v) is 5.00. The molecule has 0 spiro atoms. The summed E-state index contributed by atoms with van der Waals surface area (Å²) in [5, 5.41) is 3.41. The normalized spacial score (nSPS) is 15.7. The second-order valence-corrected chi connectivity index (χ2v) is 7.02. The summed E-state index contributed by atoms with van der Waals surface area (Å²) >= 11 is 3.36. The highest BCUT2D eigenvalue weighted by molar-refractivity contribution is 9.10. The van der Waals surface area contributed by atoms with E-state index in [-0.39, 0.29) is 22.9 Å². The standard InChI is InChI=1S/C19H15BrN2O2/c1-11-9-12-3-2-4-15-17(12)22(11)10-16(18(15)23)19(24)21-14-7-5-13(20)6-8-14/h2-8,10-11H,9H2,1H3,(H,21,24). The molecule has 2 heterocycles. The van der Waals surface area contributed by atoms with E-state index in [1.807, 2.05) is 28.8 Å². The van der Waals surface area contributed by atoms with E-state index in [9.17, 15) is 9.59 Å². The predicted octanol–water partition coefficient (Wildman–Crippen LogP) is 4.13. The molecular formula is C19H15BrN2O2. The second kappa shape index (κ2) is 5.60. The maximum absolute atomic E-state index is 12.8. The highest BCUT2D eigenvalue weighted by Gasteiger charge is 2.24. The van der Waals surface area contributed by atoms with Gasteiger partial charge < -0.3 is 9.88 Å². The van der Waals surface area contributed by atoms with Gasteiger partial charge in [0, 0.05) is 27.8 Å². The zero-order valence-corrected chi connectivity index (χ0v) is 14.6. The van der Waals surface area contributed by atoms with Gasteiger partial charge in [0.2, 0.25) is 5.43 Å². The number of anilines is 1. The van der Waals surface area contributed by atoms with Gasteiger partial charge in [0.25, 0.3) is 5.91 Å². The molecule has 0 fully saturated rings. The van der Waals surface area contributed by atoms with Crippen LogP contribution >= 0.6 is 15.9 Å². The molecule has 4 nitrogen and oxygen atoms in total. The summed E-state index contributed by atoms with van der Waals surface area (Å²) < 4.78 is 2.98. The lowest BCUT2D eigenvalue weighted by Crippen LogP contribution is -2.23. The Morgan fingerprint density at radius 1 is 1.21 bits per heavy atom. The van der Waals surface area contributed by atoms with Gasteiger partial charge in [-0.05, 0) is 49.2 Å². The summed E-state index contributed by atoms with van der Waals surface area (Å²) in [5.41, 5.74) is 2.74. The third kappa shape index (κ3) is 2.36. The summed E-state index contributed by atoms with van der Waals surface area (Å²) in [6.07, 6.45) is 2.58. The third-order valence-electron chi connectivity index (χ3n) is 4.47. The Kier molecular flexibility index (Phi) is 3.53. The number of para-hydroxylation sites is 1. The van der Waals surface area contributed by atoms with Crippen molar-refractivity contribution in [1.82, 2.24) is 4.57 Å². The number of pyridine rings is 1. The van der Waals surface area contributed by atoms with Crippen molar-refractivity contribution in [1.29, 1.82) is 0 Å². The van der Waals surface area contributed by atoms with E-state index in [1.165, 1.54) is 0 Å². The van der Waals surface area contributed by atoms with Crippen LogP contribution in [0.5, 0.6) is 0 Å². The van der Waals surface area contributed by atoms with Crippen molar-refractivity contribution in [3.8, 4) is 0 Å². The lowest BCUT2D eigenvalue weighted by Gasteiger charge is -2.12. The lowest BCUT2D eigenvalue weighted by atomic mass is 10.1. The van der Waals surface area contributed by atoms with Crippen LogP contribution in [0.3, 0.4) is 0 Å². The fourth-order valence-electron chi connectivity index (χ4n) is 3.31. The van der Waals surface area contributed by atoms with Crippen LogP contribution < -0.4 is 10.7 Å². The number of benzene rings is 2. The molecule has 4 rings (SSSR count). The largest absolute Gasteiger partial charge is 0.343 e. The van der Waals surface area contributed by atoms with Gasteiger partial charge in [-0.1, -0.05) is 28.1 Å². The fraction of sp³-hybridized carbons (Fsp3) is 0.158. The van der Waals surface area contributed by atoms with Crippen molar-refractivity contribution < 1.29 is 4.79 Å². The zero-order valence-electron chi connectivity index (χ0n) is 13.0. The van der Waals surface area contributed by atoms with Gasteiger partial charge in [0.15, 0.2) is 0 Å². The van der Waals surface area contributed by atoms with Crippen LogP contribution in [-0.4, -0.2) is 10.5 Å². The zero-order chi connectivity index (χ0) is 16.8. The van der Waals surface area contributed by atoms with Crippen LogP contribution in [0, 0.1) is 0 Å². The van der Waals surface area contributed by atoms with Crippen LogP contribution in [0.15, 0.2) is 57.9 Å². The molecule has 1 N–H and O–H groups in total. The highest BCUT2D eigenvalue weighted by Crippen LogP contribution is 2.31. The first-order valence-electron chi connectivity index (χ1n) is 7.78. The second-order valence-electron chi connectivity index (χ2n) is 6.11. The molecule has 1 aromatic heterocycles. The molecule has 1 atom stereocenters. The summed E-state index contributed by atoms with van der Waals surface area (Å²) in [5.74, 6) is -0.377.